The minimum absolute atomic E-state index is 0.0492. The maximum Gasteiger partial charge on any atom is 0.287 e. The molecule has 25 heavy (non-hydrogen) atoms. The second-order valence-corrected chi connectivity index (χ2v) is 7.49. The quantitative estimate of drug-likeness (QED) is 0.846. The average Bonchev–Trinajstić information content (AvgIpc) is 3.13. The zero-order valence-corrected chi connectivity index (χ0v) is 14.6. The molecule has 0 spiro atoms. The minimum Gasteiger partial charge on any atom is -0.438 e. The molecule has 0 unspecified atom stereocenters. The number of furan rings is 1. The molecule has 0 atom stereocenters. The molecule has 1 N–H and O–H groups in total. The van der Waals surface area contributed by atoms with Crippen molar-refractivity contribution in [3.05, 3.63) is 47.5 Å². The van der Waals surface area contributed by atoms with Gasteiger partial charge in [-0.15, -0.1) is 0 Å². The van der Waals surface area contributed by atoms with Crippen LogP contribution >= 0.6 is 0 Å². The standard InChI is InChI=1S/C16H19N3O5S/c1-12-2-3-13(10-17-12)11-18-16(20)14-4-5-15(24-14)25(21,22)19-6-8-23-9-7-19/h2-5,10H,6-9,11H2,1H3,(H,18,20). The summed E-state index contributed by atoms with van der Waals surface area (Å²) in [7, 11) is -3.75. The fourth-order valence-electron chi connectivity index (χ4n) is 2.37. The molecular weight excluding hydrogens is 346 g/mol. The van der Waals surface area contributed by atoms with Gasteiger partial charge in [-0.1, -0.05) is 6.07 Å². The Labute approximate surface area is 145 Å². The monoisotopic (exact) mass is 365 g/mol. The topological polar surface area (TPSA) is 102 Å². The second kappa shape index (κ2) is 7.34. The van der Waals surface area contributed by atoms with Crippen LogP contribution in [0.3, 0.4) is 0 Å². The van der Waals surface area contributed by atoms with Gasteiger partial charge in [-0.2, -0.15) is 4.31 Å². The summed E-state index contributed by atoms with van der Waals surface area (Å²) >= 11 is 0. The molecule has 3 rings (SSSR count). The first kappa shape index (κ1) is 17.6. The van der Waals surface area contributed by atoms with Crippen molar-refractivity contribution in [2.45, 2.75) is 18.6 Å². The number of nitrogens with one attached hydrogen (secondary N) is 1. The Morgan fingerprint density at radius 3 is 2.68 bits per heavy atom. The SMILES string of the molecule is Cc1ccc(CNC(=O)c2ccc(S(=O)(=O)N3CCOCC3)o2)cn1. The Morgan fingerprint density at radius 1 is 1.24 bits per heavy atom. The normalized spacial score (nSPS) is 15.9. The molecule has 1 fully saturated rings. The fraction of sp³-hybridized carbons (Fsp3) is 0.375. The van der Waals surface area contributed by atoms with Crippen LogP contribution in [0, 0.1) is 6.92 Å². The van der Waals surface area contributed by atoms with Gasteiger partial charge in [-0.25, -0.2) is 8.42 Å². The van der Waals surface area contributed by atoms with E-state index >= 15 is 0 Å². The summed E-state index contributed by atoms with van der Waals surface area (Å²) in [5.41, 5.74) is 1.73. The molecule has 1 amide bonds. The van der Waals surface area contributed by atoms with Crippen LogP contribution in [-0.2, 0) is 21.3 Å². The Kier molecular flexibility index (Phi) is 5.16. The van der Waals surface area contributed by atoms with Crippen molar-refractivity contribution in [2.24, 2.45) is 0 Å². The van der Waals surface area contributed by atoms with E-state index in [2.05, 4.69) is 10.3 Å². The van der Waals surface area contributed by atoms with E-state index in [-0.39, 0.29) is 30.5 Å². The van der Waals surface area contributed by atoms with E-state index in [9.17, 15) is 13.2 Å². The highest BCUT2D eigenvalue weighted by Crippen LogP contribution is 2.20. The molecule has 1 aliphatic heterocycles. The van der Waals surface area contributed by atoms with Gasteiger partial charge in [0.05, 0.1) is 13.2 Å². The third-order valence-corrected chi connectivity index (χ3v) is 5.57. The molecule has 0 aliphatic carbocycles. The summed E-state index contributed by atoms with van der Waals surface area (Å²) in [5.74, 6) is -0.532. The number of ether oxygens (including phenoxy) is 1. The van der Waals surface area contributed by atoms with E-state index in [4.69, 9.17) is 9.15 Å². The van der Waals surface area contributed by atoms with E-state index in [1.54, 1.807) is 6.20 Å². The fourth-order valence-corrected chi connectivity index (χ4v) is 3.69. The van der Waals surface area contributed by atoms with Crippen LogP contribution in [0.5, 0.6) is 0 Å². The molecule has 2 aromatic rings. The molecule has 1 saturated heterocycles. The molecule has 3 heterocycles. The van der Waals surface area contributed by atoms with Gasteiger partial charge in [0.1, 0.15) is 0 Å². The number of nitrogens with zero attached hydrogens (tertiary/aromatic N) is 2. The van der Waals surface area contributed by atoms with Crippen LogP contribution in [0.4, 0.5) is 0 Å². The van der Waals surface area contributed by atoms with Crippen molar-refractivity contribution in [2.75, 3.05) is 26.3 Å². The number of hydrogen-bond donors (Lipinski definition) is 1. The van der Waals surface area contributed by atoms with Crippen molar-refractivity contribution in [1.29, 1.82) is 0 Å². The molecule has 9 heteroatoms. The molecule has 8 nitrogen and oxygen atoms in total. The minimum atomic E-state index is -3.75. The third-order valence-electron chi connectivity index (χ3n) is 3.80. The maximum atomic E-state index is 12.5. The Bertz CT molecular complexity index is 839. The average molecular weight is 365 g/mol. The van der Waals surface area contributed by atoms with Crippen LogP contribution < -0.4 is 5.32 Å². The molecule has 0 radical (unpaired) electrons. The number of carbonyl (C=O) groups is 1. The highest BCUT2D eigenvalue weighted by atomic mass is 32.2. The first-order valence-corrected chi connectivity index (χ1v) is 9.28. The van der Waals surface area contributed by atoms with Gasteiger partial charge < -0.3 is 14.5 Å². The highest BCUT2D eigenvalue weighted by molar-refractivity contribution is 7.89. The highest BCUT2D eigenvalue weighted by Gasteiger charge is 2.29. The van der Waals surface area contributed by atoms with Gasteiger partial charge in [-0.05, 0) is 30.7 Å². The van der Waals surface area contributed by atoms with Crippen LogP contribution in [0.15, 0.2) is 40.0 Å². The van der Waals surface area contributed by atoms with Gasteiger partial charge in [-0.3, -0.25) is 9.78 Å². The Morgan fingerprint density at radius 2 is 2.00 bits per heavy atom. The lowest BCUT2D eigenvalue weighted by atomic mass is 10.2. The van der Waals surface area contributed by atoms with E-state index in [0.29, 0.717) is 13.2 Å². The van der Waals surface area contributed by atoms with Crippen LogP contribution in [0.2, 0.25) is 0 Å². The number of pyridine rings is 1. The largest absolute Gasteiger partial charge is 0.438 e. The first-order valence-electron chi connectivity index (χ1n) is 7.84. The molecule has 0 saturated carbocycles. The first-order chi connectivity index (χ1) is 12.0. The van der Waals surface area contributed by atoms with E-state index in [1.165, 1.54) is 16.4 Å². The lowest BCUT2D eigenvalue weighted by Crippen LogP contribution is -2.40. The lowest BCUT2D eigenvalue weighted by molar-refractivity contribution is 0.0722. The summed E-state index contributed by atoms with van der Waals surface area (Å²) in [6, 6.07) is 6.36. The van der Waals surface area contributed by atoms with Crippen molar-refractivity contribution in [3.63, 3.8) is 0 Å². The number of carbonyl (C=O) groups excluding carboxylic acids is 1. The zero-order valence-electron chi connectivity index (χ0n) is 13.8. The number of hydrogen-bond acceptors (Lipinski definition) is 6. The lowest BCUT2D eigenvalue weighted by Gasteiger charge is -2.24. The van der Waals surface area contributed by atoms with Crippen LogP contribution in [0.25, 0.3) is 0 Å². The van der Waals surface area contributed by atoms with Gasteiger partial charge in [0.25, 0.3) is 15.9 Å². The molecule has 134 valence electrons. The van der Waals surface area contributed by atoms with Gasteiger partial charge in [0.15, 0.2) is 5.76 Å². The summed E-state index contributed by atoms with van der Waals surface area (Å²) in [5, 5.41) is 2.44. The van der Waals surface area contributed by atoms with Crippen molar-refractivity contribution < 1.29 is 22.4 Å². The summed E-state index contributed by atoms with van der Waals surface area (Å²) in [6.45, 7) is 3.38. The maximum absolute atomic E-state index is 12.5. The van der Waals surface area contributed by atoms with Gasteiger partial charge >= 0.3 is 0 Å². The summed E-state index contributed by atoms with van der Waals surface area (Å²) < 4.78 is 36.7. The third kappa shape index (κ3) is 4.06. The summed E-state index contributed by atoms with van der Waals surface area (Å²) in [6.07, 6.45) is 1.67. The number of amides is 1. The molecule has 0 aromatic carbocycles. The number of aryl methyl sites for hydroxylation is 1. The van der Waals surface area contributed by atoms with E-state index < -0.39 is 15.9 Å². The predicted octanol–water partition coefficient (Wildman–Crippen LogP) is 0.934. The van der Waals surface area contributed by atoms with Gasteiger partial charge in [0, 0.05) is 31.5 Å². The number of morpholine rings is 1. The van der Waals surface area contributed by atoms with Crippen LogP contribution in [0.1, 0.15) is 21.8 Å². The molecule has 1 aliphatic rings. The summed E-state index contributed by atoms with van der Waals surface area (Å²) in [4.78, 5) is 16.3. The van der Waals surface area contributed by atoms with Gasteiger partial charge in [0.2, 0.25) is 5.09 Å². The zero-order chi connectivity index (χ0) is 17.9. The second-order valence-electron chi connectivity index (χ2n) is 5.63. The molecular formula is C16H19N3O5S. The van der Waals surface area contributed by atoms with E-state index in [1.807, 2.05) is 19.1 Å². The Balaban J connectivity index is 1.65. The predicted molar refractivity (Wildman–Crippen MR) is 88.4 cm³/mol. The van der Waals surface area contributed by atoms with Crippen molar-refractivity contribution in [1.82, 2.24) is 14.6 Å². The number of rotatable bonds is 5. The smallest absolute Gasteiger partial charge is 0.287 e. The van der Waals surface area contributed by atoms with E-state index in [0.717, 1.165) is 11.3 Å². The molecule has 2 aromatic heterocycles. The van der Waals surface area contributed by atoms with Crippen molar-refractivity contribution in [3.8, 4) is 0 Å². The van der Waals surface area contributed by atoms with Crippen molar-refractivity contribution >= 4 is 15.9 Å². The Hall–Kier alpha value is -2.23. The van der Waals surface area contributed by atoms with Crippen LogP contribution in [-0.4, -0.2) is 49.9 Å². The molecule has 0 bridgehead atoms. The number of aromatic nitrogens is 1. The number of sulfonamides is 1.